The van der Waals surface area contributed by atoms with Crippen molar-refractivity contribution >= 4 is 33.7 Å². The smallest absolute Gasteiger partial charge is 0.315 e. The number of halogens is 1. The average Bonchev–Trinajstić information content (AvgIpc) is 2.16. The van der Waals surface area contributed by atoms with Gasteiger partial charge in [0.2, 0.25) is 0 Å². The lowest BCUT2D eigenvalue weighted by atomic mass is 10.4. The second kappa shape index (κ2) is 5.29. The van der Waals surface area contributed by atoms with Crippen LogP contribution in [0.1, 0.15) is 0 Å². The van der Waals surface area contributed by atoms with Gasteiger partial charge in [0.15, 0.2) is 0 Å². The van der Waals surface area contributed by atoms with Gasteiger partial charge in [-0.2, -0.15) is 0 Å². The highest BCUT2D eigenvalue weighted by Gasteiger charge is 2.03. The summed E-state index contributed by atoms with van der Waals surface area (Å²) < 4.78 is 5.54. The van der Waals surface area contributed by atoms with E-state index >= 15 is 0 Å². The molecule has 0 saturated heterocycles. The predicted molar refractivity (Wildman–Crippen MR) is 56.9 cm³/mol. The molecule has 0 N–H and O–H groups in total. The van der Waals surface area contributed by atoms with Crippen molar-refractivity contribution < 1.29 is 9.53 Å². The largest absolute Gasteiger partial charge is 0.468 e. The molecule has 70 valence electrons. The number of rotatable bonds is 3. The molecule has 0 amide bonds. The summed E-state index contributed by atoms with van der Waals surface area (Å²) in [7, 11) is 1.39. The SMILES string of the molecule is COC(=O)CSc1ccccc1Br. The van der Waals surface area contributed by atoms with Crippen LogP contribution in [0.3, 0.4) is 0 Å². The summed E-state index contributed by atoms with van der Waals surface area (Å²) in [4.78, 5) is 11.9. The van der Waals surface area contributed by atoms with Crippen molar-refractivity contribution in [2.24, 2.45) is 0 Å². The zero-order chi connectivity index (χ0) is 9.68. The van der Waals surface area contributed by atoms with Gasteiger partial charge in [-0.25, -0.2) is 0 Å². The van der Waals surface area contributed by atoms with E-state index in [0.717, 1.165) is 9.37 Å². The molecule has 0 fully saturated rings. The maximum absolute atomic E-state index is 10.8. The number of hydrogen-bond acceptors (Lipinski definition) is 3. The molecular weight excluding hydrogens is 252 g/mol. The normalized spacial score (nSPS) is 9.69. The molecule has 0 aliphatic carbocycles. The van der Waals surface area contributed by atoms with Gasteiger partial charge in [0.1, 0.15) is 0 Å². The number of esters is 1. The number of benzene rings is 1. The van der Waals surface area contributed by atoms with Gasteiger partial charge in [0.25, 0.3) is 0 Å². The van der Waals surface area contributed by atoms with Gasteiger partial charge >= 0.3 is 5.97 Å². The number of thioether (sulfide) groups is 1. The molecule has 0 heterocycles. The quantitative estimate of drug-likeness (QED) is 0.618. The highest BCUT2D eigenvalue weighted by atomic mass is 79.9. The lowest BCUT2D eigenvalue weighted by Gasteiger charge is -2.01. The Bertz CT molecular complexity index is 301. The van der Waals surface area contributed by atoms with Crippen molar-refractivity contribution in [3.05, 3.63) is 28.7 Å². The monoisotopic (exact) mass is 260 g/mol. The molecule has 0 aromatic heterocycles. The van der Waals surface area contributed by atoms with Crippen molar-refractivity contribution in [1.82, 2.24) is 0 Å². The van der Waals surface area contributed by atoms with Gasteiger partial charge in [-0.1, -0.05) is 12.1 Å². The summed E-state index contributed by atoms with van der Waals surface area (Å²) in [5.41, 5.74) is 0. The molecule has 4 heteroatoms. The summed E-state index contributed by atoms with van der Waals surface area (Å²) >= 11 is 4.85. The Hall–Kier alpha value is -0.480. The zero-order valence-corrected chi connectivity index (χ0v) is 9.52. The van der Waals surface area contributed by atoms with Crippen molar-refractivity contribution in [2.75, 3.05) is 12.9 Å². The first-order valence-corrected chi connectivity index (χ1v) is 5.46. The van der Waals surface area contributed by atoms with Crippen molar-refractivity contribution in [2.45, 2.75) is 4.90 Å². The second-order valence-electron chi connectivity index (χ2n) is 2.30. The minimum Gasteiger partial charge on any atom is -0.468 e. The fraction of sp³-hybridized carbons (Fsp3) is 0.222. The van der Waals surface area contributed by atoms with Gasteiger partial charge in [0.05, 0.1) is 12.9 Å². The number of methoxy groups -OCH3 is 1. The second-order valence-corrected chi connectivity index (χ2v) is 4.17. The van der Waals surface area contributed by atoms with Crippen LogP contribution in [0.2, 0.25) is 0 Å². The van der Waals surface area contributed by atoms with E-state index in [1.54, 1.807) is 0 Å². The van der Waals surface area contributed by atoms with Crippen molar-refractivity contribution in [1.29, 1.82) is 0 Å². The molecule has 0 bridgehead atoms. The van der Waals surface area contributed by atoms with Crippen LogP contribution in [0, 0.1) is 0 Å². The highest BCUT2D eigenvalue weighted by Crippen LogP contribution is 2.26. The van der Waals surface area contributed by atoms with Crippen LogP contribution in [0.25, 0.3) is 0 Å². The zero-order valence-electron chi connectivity index (χ0n) is 7.12. The standard InChI is InChI=1S/C9H9BrO2S/c1-12-9(11)6-13-8-5-3-2-4-7(8)10/h2-5H,6H2,1H3. The molecule has 0 saturated carbocycles. The third-order valence-electron chi connectivity index (χ3n) is 1.41. The minimum atomic E-state index is -0.208. The number of ether oxygens (including phenoxy) is 1. The first-order chi connectivity index (χ1) is 6.24. The van der Waals surface area contributed by atoms with Gasteiger partial charge in [-0.3, -0.25) is 4.79 Å². The molecule has 0 radical (unpaired) electrons. The molecular formula is C9H9BrO2S. The molecule has 2 nitrogen and oxygen atoms in total. The Labute approximate surface area is 89.8 Å². The lowest BCUT2D eigenvalue weighted by Crippen LogP contribution is -2.02. The Balaban J connectivity index is 2.54. The first-order valence-electron chi connectivity index (χ1n) is 3.68. The van der Waals surface area contributed by atoms with Crippen LogP contribution in [0.15, 0.2) is 33.6 Å². The highest BCUT2D eigenvalue weighted by molar-refractivity contribution is 9.10. The Morgan fingerprint density at radius 3 is 2.85 bits per heavy atom. The summed E-state index contributed by atoms with van der Waals surface area (Å²) in [6, 6.07) is 7.77. The Morgan fingerprint density at radius 2 is 2.23 bits per heavy atom. The number of hydrogen-bond donors (Lipinski definition) is 0. The van der Waals surface area contributed by atoms with Crippen LogP contribution in [0.5, 0.6) is 0 Å². The third-order valence-corrected chi connectivity index (χ3v) is 3.41. The third kappa shape index (κ3) is 3.40. The molecule has 1 rings (SSSR count). The fourth-order valence-electron chi connectivity index (χ4n) is 0.757. The average molecular weight is 261 g/mol. The van der Waals surface area contributed by atoms with Gasteiger partial charge in [0, 0.05) is 9.37 Å². The number of carbonyl (C=O) groups excluding carboxylic acids is 1. The molecule has 0 aliphatic heterocycles. The van der Waals surface area contributed by atoms with Crippen LogP contribution < -0.4 is 0 Å². The van der Waals surface area contributed by atoms with E-state index in [2.05, 4.69) is 20.7 Å². The molecule has 13 heavy (non-hydrogen) atoms. The van der Waals surface area contributed by atoms with Crippen LogP contribution in [0.4, 0.5) is 0 Å². The molecule has 1 aromatic rings. The summed E-state index contributed by atoms with van der Waals surface area (Å²) in [5.74, 6) is 0.139. The van der Waals surface area contributed by atoms with Gasteiger partial charge in [-0.15, -0.1) is 11.8 Å². The summed E-state index contributed by atoms with van der Waals surface area (Å²) in [6.07, 6.45) is 0. The molecule has 0 atom stereocenters. The van der Waals surface area contributed by atoms with E-state index in [1.165, 1.54) is 18.9 Å². The van der Waals surface area contributed by atoms with Crippen LogP contribution in [-0.2, 0) is 9.53 Å². The van der Waals surface area contributed by atoms with Crippen LogP contribution in [-0.4, -0.2) is 18.8 Å². The molecule has 0 aliphatic rings. The van der Waals surface area contributed by atoms with Crippen LogP contribution >= 0.6 is 27.7 Å². The molecule has 0 unspecified atom stereocenters. The van der Waals surface area contributed by atoms with E-state index < -0.39 is 0 Å². The maximum Gasteiger partial charge on any atom is 0.315 e. The summed E-state index contributed by atoms with van der Waals surface area (Å²) in [6.45, 7) is 0. The van der Waals surface area contributed by atoms with E-state index in [4.69, 9.17) is 0 Å². The first kappa shape index (κ1) is 10.6. The molecule has 1 aromatic carbocycles. The van der Waals surface area contributed by atoms with Crippen molar-refractivity contribution in [3.63, 3.8) is 0 Å². The van der Waals surface area contributed by atoms with Gasteiger partial charge < -0.3 is 4.74 Å². The maximum atomic E-state index is 10.8. The predicted octanol–water partition coefficient (Wildman–Crippen LogP) is 2.71. The van der Waals surface area contributed by atoms with E-state index in [0.29, 0.717) is 5.75 Å². The summed E-state index contributed by atoms with van der Waals surface area (Å²) in [5, 5.41) is 0. The molecule has 0 spiro atoms. The van der Waals surface area contributed by atoms with Gasteiger partial charge in [-0.05, 0) is 28.1 Å². The lowest BCUT2D eigenvalue weighted by molar-refractivity contribution is -0.137. The topological polar surface area (TPSA) is 26.3 Å². The van der Waals surface area contributed by atoms with Crippen molar-refractivity contribution in [3.8, 4) is 0 Å². The Morgan fingerprint density at radius 1 is 1.54 bits per heavy atom. The van der Waals surface area contributed by atoms with E-state index in [1.807, 2.05) is 24.3 Å². The number of carbonyl (C=O) groups is 1. The fourth-order valence-corrected chi connectivity index (χ4v) is 2.16. The Kier molecular flexibility index (Phi) is 4.32. The minimum absolute atomic E-state index is 0.208. The van der Waals surface area contributed by atoms with E-state index in [-0.39, 0.29) is 5.97 Å². The van der Waals surface area contributed by atoms with E-state index in [9.17, 15) is 4.79 Å².